The lowest BCUT2D eigenvalue weighted by molar-refractivity contribution is -0.116. The minimum Gasteiger partial charge on any atom is -0.343 e. The van der Waals surface area contributed by atoms with E-state index in [0.29, 0.717) is 12.1 Å². The molecule has 0 saturated carbocycles. The molecule has 2 aromatic heterocycles. The molecule has 3 rings (SSSR count). The molecule has 1 N–H and O–H groups in total. The van der Waals surface area contributed by atoms with Crippen molar-refractivity contribution in [1.29, 1.82) is 0 Å². The number of amides is 3. The number of hydrogen-bond donors (Lipinski definition) is 1. The number of pyridine rings is 1. The first-order valence-corrected chi connectivity index (χ1v) is 9.17. The summed E-state index contributed by atoms with van der Waals surface area (Å²) in [4.78, 5) is 47.3. The fraction of sp³-hybridized carbons (Fsp3) is 0.190. The van der Waals surface area contributed by atoms with Crippen molar-refractivity contribution in [2.24, 2.45) is 0 Å². The zero-order valence-corrected chi connectivity index (χ0v) is 16.9. The quantitative estimate of drug-likeness (QED) is 0.604. The summed E-state index contributed by atoms with van der Waals surface area (Å²) in [5.74, 6) is -0.530. The monoisotopic (exact) mass is 406 g/mol. The summed E-state index contributed by atoms with van der Waals surface area (Å²) in [6, 6.07) is 13.3. The minimum atomic E-state index is -0.363. The zero-order chi connectivity index (χ0) is 21.7. The van der Waals surface area contributed by atoms with Crippen LogP contribution >= 0.6 is 0 Å². The van der Waals surface area contributed by atoms with E-state index < -0.39 is 0 Å². The molecule has 0 aliphatic rings. The highest BCUT2D eigenvalue weighted by Gasteiger charge is 2.24. The molecule has 154 valence electrons. The van der Waals surface area contributed by atoms with Crippen LogP contribution in [0, 0.1) is 0 Å². The van der Waals surface area contributed by atoms with Gasteiger partial charge in [0.1, 0.15) is 6.54 Å². The van der Waals surface area contributed by atoms with Gasteiger partial charge in [0.15, 0.2) is 11.5 Å². The molecule has 0 spiro atoms. The SMILES string of the molecule is CN(C)C(=O)c1c(N(C)C=O)ncn1CC(=O)Nc1ccc(-c2ccccc2)nc1. The van der Waals surface area contributed by atoms with Crippen molar-refractivity contribution in [3.63, 3.8) is 0 Å². The van der Waals surface area contributed by atoms with Crippen LogP contribution in [0.4, 0.5) is 11.5 Å². The van der Waals surface area contributed by atoms with E-state index in [2.05, 4.69) is 15.3 Å². The van der Waals surface area contributed by atoms with Crippen molar-refractivity contribution in [2.45, 2.75) is 6.54 Å². The minimum absolute atomic E-state index is 0.144. The number of hydrogen-bond acceptors (Lipinski definition) is 5. The van der Waals surface area contributed by atoms with Crippen LogP contribution in [0.2, 0.25) is 0 Å². The van der Waals surface area contributed by atoms with Gasteiger partial charge in [-0.2, -0.15) is 0 Å². The Kier molecular flexibility index (Phi) is 6.21. The average molecular weight is 406 g/mol. The maximum absolute atomic E-state index is 12.6. The van der Waals surface area contributed by atoms with E-state index in [-0.39, 0.29) is 29.9 Å². The number of anilines is 2. The third kappa shape index (κ3) is 4.52. The van der Waals surface area contributed by atoms with Crippen LogP contribution in [0.15, 0.2) is 55.0 Å². The summed E-state index contributed by atoms with van der Waals surface area (Å²) in [7, 11) is 4.67. The summed E-state index contributed by atoms with van der Waals surface area (Å²) in [5, 5.41) is 2.76. The predicted octanol–water partition coefficient (Wildman–Crippen LogP) is 1.88. The lowest BCUT2D eigenvalue weighted by Crippen LogP contribution is -2.29. The Labute approximate surface area is 174 Å². The van der Waals surface area contributed by atoms with E-state index in [1.54, 1.807) is 26.4 Å². The highest BCUT2D eigenvalue weighted by Crippen LogP contribution is 2.20. The van der Waals surface area contributed by atoms with Gasteiger partial charge in [-0.05, 0) is 12.1 Å². The van der Waals surface area contributed by atoms with Gasteiger partial charge < -0.3 is 19.7 Å². The number of benzene rings is 1. The Morgan fingerprint density at radius 2 is 1.80 bits per heavy atom. The van der Waals surface area contributed by atoms with E-state index >= 15 is 0 Å². The lowest BCUT2D eigenvalue weighted by Gasteiger charge is -2.16. The molecule has 0 bridgehead atoms. The number of nitrogens with one attached hydrogen (secondary N) is 1. The maximum Gasteiger partial charge on any atom is 0.273 e. The molecule has 0 atom stereocenters. The van der Waals surface area contributed by atoms with E-state index in [0.717, 1.165) is 11.3 Å². The topological polar surface area (TPSA) is 100 Å². The second kappa shape index (κ2) is 8.99. The first kappa shape index (κ1) is 20.7. The third-order valence-electron chi connectivity index (χ3n) is 4.35. The highest BCUT2D eigenvalue weighted by molar-refractivity contribution is 6.00. The molecule has 0 aliphatic carbocycles. The van der Waals surface area contributed by atoms with E-state index in [1.807, 2.05) is 36.4 Å². The summed E-state index contributed by atoms with van der Waals surface area (Å²) >= 11 is 0. The van der Waals surface area contributed by atoms with Gasteiger partial charge in [-0.3, -0.25) is 19.4 Å². The number of nitrogens with zero attached hydrogens (tertiary/aromatic N) is 5. The molecule has 0 aliphatic heterocycles. The molecule has 9 nitrogen and oxygen atoms in total. The van der Waals surface area contributed by atoms with Crippen molar-refractivity contribution in [3.8, 4) is 11.3 Å². The first-order valence-electron chi connectivity index (χ1n) is 9.17. The summed E-state index contributed by atoms with van der Waals surface area (Å²) < 4.78 is 1.42. The molecular weight excluding hydrogens is 384 g/mol. The molecule has 9 heteroatoms. The molecule has 0 radical (unpaired) electrons. The second-order valence-corrected chi connectivity index (χ2v) is 6.81. The van der Waals surface area contributed by atoms with Gasteiger partial charge in [-0.1, -0.05) is 30.3 Å². The molecule has 1 aromatic carbocycles. The number of carbonyl (C=O) groups excluding carboxylic acids is 3. The number of carbonyl (C=O) groups is 3. The molecule has 0 saturated heterocycles. The van der Waals surface area contributed by atoms with Gasteiger partial charge in [0.05, 0.1) is 23.9 Å². The van der Waals surface area contributed by atoms with Crippen LogP contribution in [0.25, 0.3) is 11.3 Å². The van der Waals surface area contributed by atoms with Gasteiger partial charge in [0.2, 0.25) is 12.3 Å². The molecule has 0 unspecified atom stereocenters. The van der Waals surface area contributed by atoms with Gasteiger partial charge >= 0.3 is 0 Å². The van der Waals surface area contributed by atoms with Crippen LogP contribution in [0.1, 0.15) is 10.5 Å². The summed E-state index contributed by atoms with van der Waals surface area (Å²) in [5.41, 5.74) is 2.46. The first-order chi connectivity index (χ1) is 14.4. The number of rotatable bonds is 7. The fourth-order valence-electron chi connectivity index (χ4n) is 2.83. The Morgan fingerprint density at radius 1 is 1.07 bits per heavy atom. The van der Waals surface area contributed by atoms with E-state index in [4.69, 9.17) is 0 Å². The standard InChI is InChI=1S/C21H22N6O3/c1-25(2)21(30)19-20(26(3)14-28)23-13-27(19)12-18(29)24-16-9-10-17(22-11-16)15-7-5-4-6-8-15/h4-11,13-14H,12H2,1-3H3,(H,24,29). The Bertz CT molecular complexity index is 1040. The van der Waals surface area contributed by atoms with Gasteiger partial charge in [-0.15, -0.1) is 0 Å². The van der Waals surface area contributed by atoms with Gasteiger partial charge in [0.25, 0.3) is 5.91 Å². The van der Waals surface area contributed by atoms with E-state index in [1.165, 1.54) is 27.7 Å². The predicted molar refractivity (Wildman–Crippen MR) is 113 cm³/mol. The van der Waals surface area contributed by atoms with Crippen LogP contribution in [0.5, 0.6) is 0 Å². The van der Waals surface area contributed by atoms with Crippen LogP contribution < -0.4 is 10.2 Å². The molecule has 2 heterocycles. The molecule has 0 fully saturated rings. The zero-order valence-electron chi connectivity index (χ0n) is 16.9. The van der Waals surface area contributed by atoms with Gasteiger partial charge in [-0.25, -0.2) is 4.98 Å². The third-order valence-corrected chi connectivity index (χ3v) is 4.35. The Morgan fingerprint density at radius 3 is 2.40 bits per heavy atom. The van der Waals surface area contributed by atoms with Crippen LogP contribution in [0.3, 0.4) is 0 Å². The van der Waals surface area contributed by atoms with Crippen molar-refractivity contribution in [2.75, 3.05) is 31.4 Å². The second-order valence-electron chi connectivity index (χ2n) is 6.81. The number of imidazole rings is 1. The summed E-state index contributed by atoms with van der Waals surface area (Å²) in [6.07, 6.45) is 3.49. The Balaban J connectivity index is 1.75. The molecule has 30 heavy (non-hydrogen) atoms. The van der Waals surface area contributed by atoms with Crippen LogP contribution in [-0.4, -0.2) is 58.8 Å². The highest BCUT2D eigenvalue weighted by atomic mass is 16.2. The van der Waals surface area contributed by atoms with Crippen molar-refractivity contribution in [1.82, 2.24) is 19.4 Å². The Hall–Kier alpha value is -4.01. The smallest absolute Gasteiger partial charge is 0.273 e. The summed E-state index contributed by atoms with van der Waals surface area (Å²) in [6.45, 7) is -0.144. The van der Waals surface area contributed by atoms with Crippen molar-refractivity contribution < 1.29 is 14.4 Å². The maximum atomic E-state index is 12.6. The largest absolute Gasteiger partial charge is 0.343 e. The number of aromatic nitrogens is 3. The van der Waals surface area contributed by atoms with Crippen molar-refractivity contribution in [3.05, 3.63) is 60.7 Å². The lowest BCUT2D eigenvalue weighted by atomic mass is 10.1. The molecule has 3 aromatic rings. The molecule has 3 amide bonds. The average Bonchev–Trinajstić information content (AvgIpc) is 3.16. The van der Waals surface area contributed by atoms with Crippen molar-refractivity contribution >= 4 is 29.7 Å². The van der Waals surface area contributed by atoms with E-state index in [9.17, 15) is 14.4 Å². The van der Waals surface area contributed by atoms with Gasteiger partial charge in [0, 0.05) is 26.7 Å². The normalized spacial score (nSPS) is 10.4. The van der Waals surface area contributed by atoms with Crippen LogP contribution in [-0.2, 0) is 16.1 Å². The molecular formula is C21H22N6O3. The fourth-order valence-corrected chi connectivity index (χ4v) is 2.83.